The maximum atomic E-state index is 12.7. The van der Waals surface area contributed by atoms with Crippen molar-refractivity contribution in [3.8, 4) is 11.4 Å². The number of aliphatic carboxylic acids is 1. The van der Waals surface area contributed by atoms with Crippen molar-refractivity contribution in [3.63, 3.8) is 0 Å². The number of hydrogen-bond donors (Lipinski definition) is 1. The van der Waals surface area contributed by atoms with E-state index < -0.39 is 5.97 Å². The largest absolute Gasteiger partial charge is 0.480 e. The normalized spacial score (nSPS) is 13.7. The third kappa shape index (κ3) is 2.66. The lowest BCUT2D eigenvalue weighted by Gasteiger charge is -2.19. The quantitative estimate of drug-likeness (QED) is 0.942. The highest BCUT2D eigenvalue weighted by atomic mass is 16.4. The lowest BCUT2D eigenvalue weighted by Crippen LogP contribution is -2.32. The zero-order valence-electron chi connectivity index (χ0n) is 12.5. The van der Waals surface area contributed by atoms with E-state index >= 15 is 0 Å². The molecule has 0 spiro atoms. The van der Waals surface area contributed by atoms with E-state index in [1.807, 2.05) is 31.2 Å². The molecule has 0 amide bonds. The molecular weight excluding hydrogens is 280 g/mol. The van der Waals surface area contributed by atoms with Crippen LogP contribution in [0.25, 0.3) is 11.4 Å². The maximum absolute atomic E-state index is 12.7. The second-order valence-corrected chi connectivity index (χ2v) is 5.72. The Kier molecular flexibility index (Phi) is 3.79. The van der Waals surface area contributed by atoms with Gasteiger partial charge in [-0.15, -0.1) is 0 Å². The number of fused-ring (bicyclic) bond motifs is 1. The zero-order valence-corrected chi connectivity index (χ0v) is 12.5. The van der Waals surface area contributed by atoms with Crippen molar-refractivity contribution in [3.05, 3.63) is 51.4 Å². The second kappa shape index (κ2) is 5.75. The van der Waals surface area contributed by atoms with E-state index in [2.05, 4.69) is 4.98 Å². The van der Waals surface area contributed by atoms with Crippen molar-refractivity contribution in [2.24, 2.45) is 0 Å². The van der Waals surface area contributed by atoms with Gasteiger partial charge in [-0.2, -0.15) is 0 Å². The number of hydrogen-bond acceptors (Lipinski definition) is 3. The van der Waals surface area contributed by atoms with Crippen LogP contribution in [0.2, 0.25) is 0 Å². The van der Waals surface area contributed by atoms with Gasteiger partial charge >= 0.3 is 5.97 Å². The fourth-order valence-electron chi connectivity index (χ4n) is 2.98. The van der Waals surface area contributed by atoms with E-state index in [-0.39, 0.29) is 12.1 Å². The van der Waals surface area contributed by atoms with E-state index in [1.54, 1.807) is 0 Å². The number of aromatic nitrogens is 2. The summed E-state index contributed by atoms with van der Waals surface area (Å²) in [5.41, 5.74) is 3.14. The Balaban J connectivity index is 2.25. The standard InChI is InChI=1S/C17H18N2O3/c1-11-5-4-6-12(9-11)16-18-14-8-3-2-7-13(14)17(22)19(16)10-15(20)21/h4-6,9H,2-3,7-8,10H2,1H3,(H,20,21). The lowest BCUT2D eigenvalue weighted by molar-refractivity contribution is -0.137. The van der Waals surface area contributed by atoms with Crippen LogP contribution >= 0.6 is 0 Å². The molecule has 5 heteroatoms. The summed E-state index contributed by atoms with van der Waals surface area (Å²) in [5.74, 6) is -0.578. The van der Waals surface area contributed by atoms with Gasteiger partial charge in [0.25, 0.3) is 5.56 Å². The summed E-state index contributed by atoms with van der Waals surface area (Å²) in [6.45, 7) is 1.60. The fourth-order valence-corrected chi connectivity index (χ4v) is 2.98. The fraction of sp³-hybridized carbons (Fsp3) is 0.353. The first-order chi connectivity index (χ1) is 10.6. The molecule has 114 valence electrons. The summed E-state index contributed by atoms with van der Waals surface area (Å²) < 4.78 is 1.29. The van der Waals surface area contributed by atoms with Gasteiger partial charge in [-0.05, 0) is 38.7 Å². The van der Waals surface area contributed by atoms with Gasteiger partial charge in [0.05, 0.1) is 5.69 Å². The van der Waals surface area contributed by atoms with Crippen LogP contribution in [0.3, 0.4) is 0 Å². The molecule has 5 nitrogen and oxygen atoms in total. The first-order valence-electron chi connectivity index (χ1n) is 7.47. The van der Waals surface area contributed by atoms with E-state index in [9.17, 15) is 9.59 Å². The van der Waals surface area contributed by atoms with Gasteiger partial charge in [0.1, 0.15) is 12.4 Å². The van der Waals surface area contributed by atoms with E-state index in [1.165, 1.54) is 4.57 Å². The number of carboxylic acids is 1. The highest BCUT2D eigenvalue weighted by molar-refractivity contribution is 5.68. The average molecular weight is 298 g/mol. The summed E-state index contributed by atoms with van der Waals surface area (Å²) in [7, 11) is 0. The van der Waals surface area contributed by atoms with Gasteiger partial charge in [0.15, 0.2) is 0 Å². The highest BCUT2D eigenvalue weighted by Gasteiger charge is 2.21. The van der Waals surface area contributed by atoms with Crippen LogP contribution in [0, 0.1) is 6.92 Å². The summed E-state index contributed by atoms with van der Waals surface area (Å²) in [5, 5.41) is 9.13. The Morgan fingerprint density at radius 3 is 2.82 bits per heavy atom. The van der Waals surface area contributed by atoms with Crippen molar-refractivity contribution >= 4 is 5.97 Å². The van der Waals surface area contributed by atoms with Gasteiger partial charge in [-0.1, -0.05) is 23.8 Å². The van der Waals surface area contributed by atoms with Crippen LogP contribution in [0.5, 0.6) is 0 Å². The molecule has 1 heterocycles. The topological polar surface area (TPSA) is 72.2 Å². The Bertz CT molecular complexity index is 793. The Morgan fingerprint density at radius 1 is 1.32 bits per heavy atom. The van der Waals surface area contributed by atoms with Gasteiger partial charge in [-0.25, -0.2) is 4.98 Å². The SMILES string of the molecule is Cc1cccc(-c2nc3c(c(=O)n2CC(=O)O)CCCC3)c1. The molecule has 0 bridgehead atoms. The van der Waals surface area contributed by atoms with Gasteiger partial charge in [-0.3, -0.25) is 14.2 Å². The monoisotopic (exact) mass is 298 g/mol. The second-order valence-electron chi connectivity index (χ2n) is 5.72. The molecule has 0 aliphatic heterocycles. The molecule has 1 aliphatic rings. The summed E-state index contributed by atoms with van der Waals surface area (Å²) in [6, 6.07) is 7.64. The molecule has 0 unspecified atom stereocenters. The van der Waals surface area contributed by atoms with Crippen molar-refractivity contribution < 1.29 is 9.90 Å². The number of carboxylic acid groups (broad SMARTS) is 1. The zero-order chi connectivity index (χ0) is 15.7. The predicted octanol–water partition coefficient (Wildman–Crippen LogP) is 2.18. The molecule has 1 aliphatic carbocycles. The molecule has 1 N–H and O–H groups in total. The van der Waals surface area contributed by atoms with Crippen LogP contribution in [0.4, 0.5) is 0 Å². The van der Waals surface area contributed by atoms with Crippen LogP contribution in [-0.4, -0.2) is 20.6 Å². The third-order valence-electron chi connectivity index (χ3n) is 4.01. The molecule has 0 saturated heterocycles. The Morgan fingerprint density at radius 2 is 2.09 bits per heavy atom. The van der Waals surface area contributed by atoms with Crippen molar-refractivity contribution in [2.75, 3.05) is 0 Å². The number of rotatable bonds is 3. The van der Waals surface area contributed by atoms with Crippen LogP contribution < -0.4 is 5.56 Å². The third-order valence-corrected chi connectivity index (χ3v) is 4.01. The minimum atomic E-state index is -1.03. The van der Waals surface area contributed by atoms with Crippen molar-refractivity contribution in [1.82, 2.24) is 9.55 Å². The molecule has 3 rings (SSSR count). The van der Waals surface area contributed by atoms with Crippen LogP contribution in [-0.2, 0) is 24.2 Å². The van der Waals surface area contributed by atoms with E-state index in [0.29, 0.717) is 17.8 Å². The lowest BCUT2D eigenvalue weighted by atomic mass is 9.96. The number of nitrogens with zero attached hydrogens (tertiary/aromatic N) is 2. The highest BCUT2D eigenvalue weighted by Crippen LogP contribution is 2.22. The van der Waals surface area contributed by atoms with Crippen molar-refractivity contribution in [2.45, 2.75) is 39.2 Å². The summed E-state index contributed by atoms with van der Waals surface area (Å²) >= 11 is 0. The van der Waals surface area contributed by atoms with Gasteiger partial charge in [0, 0.05) is 11.1 Å². The molecule has 1 aromatic heterocycles. The molecule has 0 fully saturated rings. The first-order valence-corrected chi connectivity index (χ1v) is 7.47. The molecule has 0 saturated carbocycles. The number of carbonyl (C=O) groups is 1. The molecule has 0 atom stereocenters. The van der Waals surface area contributed by atoms with Crippen LogP contribution in [0.1, 0.15) is 29.7 Å². The minimum Gasteiger partial charge on any atom is -0.480 e. The molecule has 1 aromatic carbocycles. The molecule has 22 heavy (non-hydrogen) atoms. The van der Waals surface area contributed by atoms with E-state index in [4.69, 9.17) is 5.11 Å². The summed E-state index contributed by atoms with van der Waals surface area (Å²) in [6.07, 6.45) is 3.46. The first kappa shape index (κ1) is 14.5. The molecule has 0 radical (unpaired) electrons. The Labute approximate surface area is 128 Å². The van der Waals surface area contributed by atoms with Crippen LogP contribution in [0.15, 0.2) is 29.1 Å². The van der Waals surface area contributed by atoms with Gasteiger partial charge in [0.2, 0.25) is 0 Å². The summed E-state index contributed by atoms with van der Waals surface area (Å²) in [4.78, 5) is 28.5. The molecular formula is C17H18N2O3. The number of benzene rings is 1. The molecule has 2 aromatic rings. The number of aryl methyl sites for hydroxylation is 2. The minimum absolute atomic E-state index is 0.205. The van der Waals surface area contributed by atoms with E-state index in [0.717, 1.165) is 36.1 Å². The predicted molar refractivity (Wildman–Crippen MR) is 82.9 cm³/mol. The van der Waals surface area contributed by atoms with Gasteiger partial charge < -0.3 is 5.11 Å². The smallest absolute Gasteiger partial charge is 0.323 e. The maximum Gasteiger partial charge on any atom is 0.323 e. The average Bonchev–Trinajstić information content (AvgIpc) is 2.49. The Hall–Kier alpha value is -2.43. The van der Waals surface area contributed by atoms with Crippen molar-refractivity contribution in [1.29, 1.82) is 0 Å².